The monoisotopic (exact) mass is 266 g/mol. The van der Waals surface area contributed by atoms with Gasteiger partial charge in [-0.25, -0.2) is 0 Å². The number of amides is 1. The first-order valence-electron chi connectivity index (χ1n) is 6.23. The summed E-state index contributed by atoms with van der Waals surface area (Å²) in [6.45, 7) is 4.54. The van der Waals surface area contributed by atoms with Gasteiger partial charge in [-0.05, 0) is 31.5 Å². The number of ether oxygens (including phenoxy) is 2. The Morgan fingerprint density at radius 1 is 1.42 bits per heavy atom. The third-order valence-corrected chi connectivity index (χ3v) is 2.77. The van der Waals surface area contributed by atoms with E-state index in [-0.39, 0.29) is 5.91 Å². The second kappa shape index (κ2) is 6.99. The van der Waals surface area contributed by atoms with Crippen LogP contribution >= 0.6 is 0 Å². The zero-order valence-electron chi connectivity index (χ0n) is 12.0. The van der Waals surface area contributed by atoms with Crippen LogP contribution in [0.25, 0.3) is 0 Å². The first-order chi connectivity index (χ1) is 8.95. The van der Waals surface area contributed by atoms with E-state index in [1.165, 1.54) is 0 Å². The lowest BCUT2D eigenvalue weighted by Gasteiger charge is -2.19. The second-order valence-electron chi connectivity index (χ2n) is 4.55. The minimum absolute atomic E-state index is 0.0977. The highest BCUT2D eigenvalue weighted by Gasteiger charge is 2.13. The second-order valence-corrected chi connectivity index (χ2v) is 4.55. The van der Waals surface area contributed by atoms with Crippen molar-refractivity contribution in [2.24, 2.45) is 5.73 Å². The standard InChI is InChI=1S/C14H22N2O3/c1-10-5-6-12(13(9-10)18-4)19-8-7-16(3)14(17)11(2)15/h5-6,9,11H,7-8,15H2,1-4H3. The molecule has 0 saturated carbocycles. The van der Waals surface area contributed by atoms with Crippen LogP contribution in [0, 0.1) is 6.92 Å². The summed E-state index contributed by atoms with van der Waals surface area (Å²) in [5.74, 6) is 1.27. The molecule has 5 nitrogen and oxygen atoms in total. The fraction of sp³-hybridized carbons (Fsp3) is 0.500. The Kier molecular flexibility index (Phi) is 5.63. The number of hydrogen-bond donors (Lipinski definition) is 1. The van der Waals surface area contributed by atoms with Crippen LogP contribution in [-0.4, -0.2) is 44.2 Å². The Bertz CT molecular complexity index is 433. The molecule has 2 N–H and O–H groups in total. The van der Waals surface area contributed by atoms with Crippen LogP contribution in [0.15, 0.2) is 18.2 Å². The lowest BCUT2D eigenvalue weighted by molar-refractivity contribution is -0.131. The molecule has 0 fully saturated rings. The van der Waals surface area contributed by atoms with Crippen LogP contribution < -0.4 is 15.2 Å². The minimum Gasteiger partial charge on any atom is -0.493 e. The van der Waals surface area contributed by atoms with Crippen molar-refractivity contribution in [2.75, 3.05) is 27.3 Å². The number of benzene rings is 1. The Morgan fingerprint density at radius 2 is 2.11 bits per heavy atom. The predicted octanol–water partition coefficient (Wildman–Crippen LogP) is 1.19. The summed E-state index contributed by atoms with van der Waals surface area (Å²) < 4.78 is 10.9. The number of hydrogen-bond acceptors (Lipinski definition) is 4. The molecular weight excluding hydrogens is 244 g/mol. The molecule has 19 heavy (non-hydrogen) atoms. The van der Waals surface area contributed by atoms with Gasteiger partial charge in [-0.15, -0.1) is 0 Å². The number of carbonyl (C=O) groups excluding carboxylic acids is 1. The van der Waals surface area contributed by atoms with Crippen molar-refractivity contribution < 1.29 is 14.3 Å². The molecule has 106 valence electrons. The van der Waals surface area contributed by atoms with Crippen molar-refractivity contribution >= 4 is 5.91 Å². The third kappa shape index (κ3) is 4.44. The number of likely N-dealkylation sites (N-methyl/N-ethyl adjacent to an activating group) is 1. The highest BCUT2D eigenvalue weighted by molar-refractivity contribution is 5.80. The average molecular weight is 266 g/mol. The predicted molar refractivity (Wildman–Crippen MR) is 74.5 cm³/mol. The van der Waals surface area contributed by atoms with Gasteiger partial charge in [0.25, 0.3) is 0 Å². The van der Waals surface area contributed by atoms with E-state index in [1.807, 2.05) is 25.1 Å². The van der Waals surface area contributed by atoms with Crippen LogP contribution in [0.5, 0.6) is 11.5 Å². The quantitative estimate of drug-likeness (QED) is 0.840. The van der Waals surface area contributed by atoms with Crippen molar-refractivity contribution in [2.45, 2.75) is 19.9 Å². The molecule has 0 radical (unpaired) electrons. The van der Waals surface area contributed by atoms with Gasteiger partial charge in [0.1, 0.15) is 6.61 Å². The van der Waals surface area contributed by atoms with Crippen molar-refractivity contribution in [3.8, 4) is 11.5 Å². The lowest BCUT2D eigenvalue weighted by Crippen LogP contribution is -2.41. The largest absolute Gasteiger partial charge is 0.493 e. The fourth-order valence-electron chi connectivity index (χ4n) is 1.64. The number of rotatable bonds is 6. The van der Waals surface area contributed by atoms with Gasteiger partial charge in [-0.1, -0.05) is 6.07 Å². The molecule has 1 aromatic rings. The number of nitrogens with two attached hydrogens (primary N) is 1. The summed E-state index contributed by atoms with van der Waals surface area (Å²) in [6, 6.07) is 5.24. The molecule has 1 unspecified atom stereocenters. The zero-order valence-corrected chi connectivity index (χ0v) is 12.0. The Balaban J connectivity index is 2.51. The molecule has 0 aliphatic heterocycles. The first kappa shape index (κ1) is 15.3. The van der Waals surface area contributed by atoms with Gasteiger partial charge in [-0.3, -0.25) is 4.79 Å². The molecule has 0 aliphatic carbocycles. The molecule has 0 saturated heterocycles. The maximum Gasteiger partial charge on any atom is 0.239 e. The Hall–Kier alpha value is -1.75. The van der Waals surface area contributed by atoms with E-state index in [0.29, 0.717) is 24.7 Å². The number of aryl methyl sites for hydroxylation is 1. The Morgan fingerprint density at radius 3 is 2.68 bits per heavy atom. The summed E-state index contributed by atoms with van der Waals surface area (Å²) in [5, 5.41) is 0. The molecule has 1 aromatic carbocycles. The molecular formula is C14H22N2O3. The summed E-state index contributed by atoms with van der Waals surface area (Å²) in [6.07, 6.45) is 0. The molecule has 0 spiro atoms. The van der Waals surface area contributed by atoms with Crippen molar-refractivity contribution in [3.63, 3.8) is 0 Å². The minimum atomic E-state index is -0.487. The van der Waals surface area contributed by atoms with Crippen LogP contribution in [0.2, 0.25) is 0 Å². The van der Waals surface area contributed by atoms with E-state index in [9.17, 15) is 4.79 Å². The zero-order chi connectivity index (χ0) is 14.4. The van der Waals surface area contributed by atoms with E-state index < -0.39 is 6.04 Å². The fourth-order valence-corrected chi connectivity index (χ4v) is 1.64. The van der Waals surface area contributed by atoms with E-state index in [4.69, 9.17) is 15.2 Å². The maximum absolute atomic E-state index is 11.6. The molecule has 0 aromatic heterocycles. The van der Waals surface area contributed by atoms with E-state index >= 15 is 0 Å². The van der Waals surface area contributed by atoms with Gasteiger partial charge in [0, 0.05) is 7.05 Å². The van der Waals surface area contributed by atoms with Gasteiger partial charge in [-0.2, -0.15) is 0 Å². The lowest BCUT2D eigenvalue weighted by atomic mass is 10.2. The highest BCUT2D eigenvalue weighted by atomic mass is 16.5. The summed E-state index contributed by atoms with van der Waals surface area (Å²) in [4.78, 5) is 13.1. The normalized spacial score (nSPS) is 11.8. The first-order valence-corrected chi connectivity index (χ1v) is 6.23. The molecule has 1 amide bonds. The number of methoxy groups -OCH3 is 1. The Labute approximate surface area is 114 Å². The maximum atomic E-state index is 11.6. The number of nitrogens with zero attached hydrogens (tertiary/aromatic N) is 1. The van der Waals surface area contributed by atoms with Crippen LogP contribution in [0.1, 0.15) is 12.5 Å². The summed E-state index contributed by atoms with van der Waals surface area (Å²) in [7, 11) is 3.31. The van der Waals surface area contributed by atoms with Crippen LogP contribution in [0.4, 0.5) is 0 Å². The van der Waals surface area contributed by atoms with E-state index in [0.717, 1.165) is 5.56 Å². The third-order valence-electron chi connectivity index (χ3n) is 2.77. The molecule has 5 heteroatoms. The van der Waals surface area contributed by atoms with Crippen LogP contribution in [-0.2, 0) is 4.79 Å². The van der Waals surface area contributed by atoms with E-state index in [2.05, 4.69) is 0 Å². The van der Waals surface area contributed by atoms with Crippen molar-refractivity contribution in [1.29, 1.82) is 0 Å². The van der Waals surface area contributed by atoms with Crippen molar-refractivity contribution in [1.82, 2.24) is 4.90 Å². The molecule has 0 heterocycles. The van der Waals surface area contributed by atoms with Gasteiger partial charge in [0.2, 0.25) is 5.91 Å². The van der Waals surface area contributed by atoms with Crippen LogP contribution in [0.3, 0.4) is 0 Å². The topological polar surface area (TPSA) is 64.8 Å². The molecule has 0 aliphatic rings. The van der Waals surface area contributed by atoms with E-state index in [1.54, 1.807) is 26.0 Å². The summed E-state index contributed by atoms with van der Waals surface area (Å²) >= 11 is 0. The smallest absolute Gasteiger partial charge is 0.239 e. The van der Waals surface area contributed by atoms with Gasteiger partial charge >= 0.3 is 0 Å². The van der Waals surface area contributed by atoms with Crippen molar-refractivity contribution in [3.05, 3.63) is 23.8 Å². The summed E-state index contributed by atoms with van der Waals surface area (Å²) in [5.41, 5.74) is 6.64. The SMILES string of the molecule is COc1cc(C)ccc1OCCN(C)C(=O)C(C)N. The molecule has 0 bridgehead atoms. The molecule has 1 rings (SSSR count). The van der Waals surface area contributed by atoms with Gasteiger partial charge < -0.3 is 20.1 Å². The highest BCUT2D eigenvalue weighted by Crippen LogP contribution is 2.27. The molecule has 1 atom stereocenters. The van der Waals surface area contributed by atoms with Gasteiger partial charge in [0.05, 0.1) is 19.7 Å². The number of carbonyl (C=O) groups is 1. The average Bonchev–Trinajstić information content (AvgIpc) is 2.38. The van der Waals surface area contributed by atoms with Gasteiger partial charge in [0.15, 0.2) is 11.5 Å².